The highest BCUT2D eigenvalue weighted by Crippen LogP contribution is 2.40. The molecule has 2 N–H and O–H groups in total. The predicted molar refractivity (Wildman–Crippen MR) is 126 cm³/mol. The Bertz CT molecular complexity index is 545. The van der Waals surface area contributed by atoms with Gasteiger partial charge in [-0.3, -0.25) is 4.90 Å². The Morgan fingerprint density at radius 2 is 1.31 bits per heavy atom. The first kappa shape index (κ1) is 28.6. The number of aliphatic hydroxyl groups excluding tert-OH is 1. The average Bonchev–Trinajstić information content (AvgIpc) is 2.44. The predicted octanol–water partition coefficient (Wildman–Crippen LogP) is 5.54. The van der Waals surface area contributed by atoms with Gasteiger partial charge in [0.25, 0.3) is 0 Å². The van der Waals surface area contributed by atoms with Crippen molar-refractivity contribution in [3.05, 3.63) is 0 Å². The highest BCUT2D eigenvalue weighted by molar-refractivity contribution is 6.74. The molecule has 0 aliphatic carbocycles. The van der Waals surface area contributed by atoms with Crippen molar-refractivity contribution in [3.8, 4) is 0 Å². The summed E-state index contributed by atoms with van der Waals surface area (Å²) in [7, 11) is -4.29. The first-order chi connectivity index (χ1) is 12.6. The van der Waals surface area contributed by atoms with Gasteiger partial charge in [-0.25, -0.2) is 4.79 Å². The fourth-order valence-electron chi connectivity index (χ4n) is 2.58. The van der Waals surface area contributed by atoms with Crippen LogP contribution in [0.3, 0.4) is 0 Å². The summed E-state index contributed by atoms with van der Waals surface area (Å²) in [5, 5.41) is 20.2. The molecule has 0 radical (unpaired) electrons. The summed E-state index contributed by atoms with van der Waals surface area (Å²) >= 11 is 0. The Labute approximate surface area is 181 Å². The Balaban J connectivity index is 6.09. The molecule has 0 heterocycles. The van der Waals surface area contributed by atoms with Crippen LogP contribution in [0.2, 0.25) is 36.3 Å². The van der Waals surface area contributed by atoms with Crippen LogP contribution in [0.5, 0.6) is 0 Å². The summed E-state index contributed by atoms with van der Waals surface area (Å²) in [4.78, 5) is 13.4. The fourth-order valence-corrected chi connectivity index (χ4v) is 4.93. The average molecular weight is 450 g/mol. The van der Waals surface area contributed by atoms with Crippen molar-refractivity contribution in [2.75, 3.05) is 13.2 Å². The van der Waals surface area contributed by atoms with E-state index in [2.05, 4.69) is 67.7 Å². The molecule has 8 heteroatoms. The van der Waals surface area contributed by atoms with Crippen LogP contribution in [0.15, 0.2) is 0 Å². The number of amides is 1. The molecule has 0 rings (SSSR count). The molecule has 0 spiro atoms. The second-order valence-corrected chi connectivity index (χ2v) is 21.6. The second-order valence-electron chi connectivity index (χ2n) is 12.1. The number of hydrogen-bond acceptors (Lipinski definition) is 4. The van der Waals surface area contributed by atoms with E-state index in [0.717, 1.165) is 0 Å². The molecule has 29 heavy (non-hydrogen) atoms. The monoisotopic (exact) mass is 449 g/mol. The smallest absolute Gasteiger partial charge is 0.408 e. The third-order valence-electron chi connectivity index (χ3n) is 6.54. The number of carbonyl (C=O) groups is 1. The maximum Gasteiger partial charge on any atom is 0.408 e. The molecule has 2 atom stereocenters. The Hall–Kier alpha value is -0.416. The number of rotatable bonds is 8. The van der Waals surface area contributed by atoms with E-state index in [1.54, 1.807) is 0 Å². The van der Waals surface area contributed by atoms with Crippen molar-refractivity contribution in [1.29, 1.82) is 0 Å². The van der Waals surface area contributed by atoms with Gasteiger partial charge < -0.3 is 19.1 Å². The van der Waals surface area contributed by atoms with Crippen LogP contribution in [0.25, 0.3) is 0 Å². The minimum absolute atomic E-state index is 0.0275. The number of aliphatic hydroxyl groups is 1. The maximum absolute atomic E-state index is 12.1. The quantitative estimate of drug-likeness (QED) is 0.476. The molecule has 0 fully saturated rings. The molecular weight excluding hydrogens is 402 g/mol. The molecule has 0 bridgehead atoms. The van der Waals surface area contributed by atoms with Crippen molar-refractivity contribution in [3.63, 3.8) is 0 Å². The SMILES string of the molecule is CC(C)(C)N(C(=O)O)C(CO)[C@@H](CO[Si](C)(C)C(C)(C)C)O[Si](C)(C)C(C)(C)C. The fraction of sp³-hybridized carbons (Fsp3) is 0.952. The summed E-state index contributed by atoms with van der Waals surface area (Å²) in [6.07, 6.45) is -1.60. The van der Waals surface area contributed by atoms with Crippen LogP contribution in [-0.2, 0) is 8.85 Å². The van der Waals surface area contributed by atoms with Crippen molar-refractivity contribution in [1.82, 2.24) is 4.90 Å². The van der Waals surface area contributed by atoms with Crippen LogP contribution in [0.1, 0.15) is 62.3 Å². The molecule has 1 amide bonds. The topological polar surface area (TPSA) is 79.2 Å². The van der Waals surface area contributed by atoms with Gasteiger partial charge in [0, 0.05) is 5.54 Å². The van der Waals surface area contributed by atoms with E-state index >= 15 is 0 Å². The molecule has 0 saturated carbocycles. The zero-order valence-electron chi connectivity index (χ0n) is 21.1. The van der Waals surface area contributed by atoms with Gasteiger partial charge in [-0.15, -0.1) is 0 Å². The van der Waals surface area contributed by atoms with E-state index in [1.165, 1.54) is 4.90 Å². The van der Waals surface area contributed by atoms with Crippen molar-refractivity contribution in [2.24, 2.45) is 0 Å². The van der Waals surface area contributed by atoms with E-state index < -0.39 is 40.4 Å². The van der Waals surface area contributed by atoms with Crippen LogP contribution in [-0.4, -0.2) is 68.7 Å². The third kappa shape index (κ3) is 7.65. The van der Waals surface area contributed by atoms with Crippen molar-refractivity contribution in [2.45, 2.75) is 116 Å². The Kier molecular flexibility index (Phi) is 9.25. The molecule has 1 unspecified atom stereocenters. The molecular formula is C21H47NO5Si2. The van der Waals surface area contributed by atoms with Gasteiger partial charge in [-0.05, 0) is 57.0 Å². The lowest BCUT2D eigenvalue weighted by atomic mass is 10.0. The summed E-state index contributed by atoms with van der Waals surface area (Å²) in [6.45, 7) is 27.1. The molecule has 0 aliphatic heterocycles. The molecule has 0 saturated heterocycles. The maximum atomic E-state index is 12.1. The lowest BCUT2D eigenvalue weighted by Crippen LogP contribution is -2.61. The van der Waals surface area contributed by atoms with Gasteiger partial charge in [0.15, 0.2) is 16.6 Å². The summed E-state index contributed by atoms with van der Waals surface area (Å²) < 4.78 is 13.1. The molecule has 0 aromatic rings. The first-order valence-corrected chi connectivity index (χ1v) is 16.3. The summed E-state index contributed by atoms with van der Waals surface area (Å²) in [6, 6.07) is -0.702. The first-order valence-electron chi connectivity index (χ1n) is 10.5. The number of hydrogen-bond donors (Lipinski definition) is 2. The van der Waals surface area contributed by atoms with Gasteiger partial charge >= 0.3 is 6.09 Å². The molecule has 0 aromatic heterocycles. The molecule has 0 aromatic carbocycles. The second kappa shape index (κ2) is 9.38. The zero-order valence-corrected chi connectivity index (χ0v) is 23.1. The van der Waals surface area contributed by atoms with Gasteiger partial charge in [-0.2, -0.15) is 0 Å². The van der Waals surface area contributed by atoms with E-state index in [1.807, 2.05) is 20.8 Å². The van der Waals surface area contributed by atoms with Crippen LogP contribution in [0, 0.1) is 0 Å². The standard InChI is InChI=1S/C21H47NO5Si2/c1-19(2,3)22(18(24)25)16(14-23)17(27-29(12,13)21(7,8)9)15-26-28(10,11)20(4,5)6/h16-17,23H,14-15H2,1-13H3,(H,24,25)/t16?,17-/m1/s1. The van der Waals surface area contributed by atoms with E-state index in [0.29, 0.717) is 0 Å². The Morgan fingerprint density at radius 3 is 1.59 bits per heavy atom. The number of nitrogens with zero attached hydrogens (tertiary/aromatic N) is 1. The van der Waals surface area contributed by atoms with Crippen molar-refractivity contribution >= 4 is 22.7 Å². The lowest BCUT2D eigenvalue weighted by Gasteiger charge is -2.47. The zero-order chi connectivity index (χ0) is 23.6. The highest BCUT2D eigenvalue weighted by atomic mass is 28.4. The van der Waals surface area contributed by atoms with E-state index in [4.69, 9.17) is 8.85 Å². The Morgan fingerprint density at radius 1 is 0.897 bits per heavy atom. The normalized spacial score (nSPS) is 16.5. The molecule has 0 aliphatic rings. The highest BCUT2D eigenvalue weighted by Gasteiger charge is 2.46. The van der Waals surface area contributed by atoms with E-state index in [9.17, 15) is 15.0 Å². The summed E-state index contributed by atoms with van der Waals surface area (Å²) in [5.41, 5.74) is -0.675. The lowest BCUT2D eigenvalue weighted by molar-refractivity contribution is -0.0278. The van der Waals surface area contributed by atoms with Gasteiger partial charge in [0.2, 0.25) is 0 Å². The van der Waals surface area contributed by atoms with Gasteiger partial charge in [0.1, 0.15) is 0 Å². The van der Waals surface area contributed by atoms with Crippen LogP contribution in [0.4, 0.5) is 4.79 Å². The van der Waals surface area contributed by atoms with Crippen LogP contribution >= 0.6 is 0 Å². The van der Waals surface area contributed by atoms with Crippen LogP contribution < -0.4 is 0 Å². The molecule has 6 nitrogen and oxygen atoms in total. The van der Waals surface area contributed by atoms with Gasteiger partial charge in [0.05, 0.1) is 25.4 Å². The number of carboxylic acid groups (broad SMARTS) is 1. The minimum Gasteiger partial charge on any atom is -0.465 e. The van der Waals surface area contributed by atoms with Crippen molar-refractivity contribution < 1.29 is 23.9 Å². The van der Waals surface area contributed by atoms with E-state index in [-0.39, 0.29) is 23.3 Å². The largest absolute Gasteiger partial charge is 0.465 e. The van der Waals surface area contributed by atoms with Gasteiger partial charge in [-0.1, -0.05) is 41.5 Å². The third-order valence-corrected chi connectivity index (χ3v) is 15.5. The minimum atomic E-state index is -2.22. The molecule has 174 valence electrons. The summed E-state index contributed by atoms with van der Waals surface area (Å²) in [5.74, 6) is 0.